The van der Waals surface area contributed by atoms with Gasteiger partial charge in [0.1, 0.15) is 0 Å². The van der Waals surface area contributed by atoms with Gasteiger partial charge in [-0.2, -0.15) is 11.8 Å². The minimum Gasteiger partial charge on any atom is -0.326 e. The van der Waals surface area contributed by atoms with Crippen molar-refractivity contribution in [3.05, 3.63) is 24.3 Å². The summed E-state index contributed by atoms with van der Waals surface area (Å²) in [6.07, 6.45) is 0.385. The molecular formula is C13H20ClN3O3S2. The van der Waals surface area contributed by atoms with E-state index in [0.717, 1.165) is 18.1 Å². The average molecular weight is 366 g/mol. The average Bonchev–Trinajstić information content (AvgIpc) is 2.48. The molecule has 2 rings (SSSR count). The first-order valence-corrected chi connectivity index (χ1v) is 9.29. The Kier molecular flexibility index (Phi) is 7.64. The number of nitrogens with one attached hydrogen (secondary N) is 3. The van der Waals surface area contributed by atoms with Crippen LogP contribution in [0.15, 0.2) is 29.2 Å². The van der Waals surface area contributed by atoms with E-state index in [-0.39, 0.29) is 29.3 Å². The van der Waals surface area contributed by atoms with Gasteiger partial charge in [-0.25, -0.2) is 13.1 Å². The molecule has 1 aliphatic rings. The normalized spacial score (nSPS) is 18.3. The monoisotopic (exact) mass is 365 g/mol. The van der Waals surface area contributed by atoms with Crippen LogP contribution in [0.25, 0.3) is 0 Å². The number of carbonyl (C=O) groups excluding carboxylic acids is 1. The molecule has 0 spiro atoms. The Balaban J connectivity index is 0.00000242. The second-order valence-electron chi connectivity index (χ2n) is 4.71. The SMILES string of the molecule is CNS(=O)(=O)c1cccc(NC(=O)CC2CSCCN2)c1.Cl. The van der Waals surface area contributed by atoms with E-state index in [1.807, 2.05) is 11.8 Å². The Hall–Kier alpha value is -0.800. The van der Waals surface area contributed by atoms with E-state index < -0.39 is 10.0 Å². The van der Waals surface area contributed by atoms with Crippen LogP contribution in [0, 0.1) is 0 Å². The highest BCUT2D eigenvalue weighted by Gasteiger charge is 2.17. The van der Waals surface area contributed by atoms with Gasteiger partial charge in [0.15, 0.2) is 0 Å². The number of hydrogen-bond donors (Lipinski definition) is 3. The number of thioether (sulfide) groups is 1. The number of rotatable bonds is 5. The van der Waals surface area contributed by atoms with E-state index >= 15 is 0 Å². The van der Waals surface area contributed by atoms with Crippen LogP contribution >= 0.6 is 24.2 Å². The molecule has 1 aromatic carbocycles. The number of hydrogen-bond acceptors (Lipinski definition) is 5. The number of benzene rings is 1. The van der Waals surface area contributed by atoms with Gasteiger partial charge in [-0.1, -0.05) is 6.07 Å². The molecule has 0 saturated carbocycles. The molecule has 1 saturated heterocycles. The summed E-state index contributed by atoms with van der Waals surface area (Å²) < 4.78 is 25.7. The van der Waals surface area contributed by atoms with Crippen LogP contribution in [0.5, 0.6) is 0 Å². The number of carbonyl (C=O) groups is 1. The van der Waals surface area contributed by atoms with Crippen LogP contribution in [0.1, 0.15) is 6.42 Å². The van der Waals surface area contributed by atoms with Gasteiger partial charge < -0.3 is 10.6 Å². The quantitative estimate of drug-likeness (QED) is 0.726. The van der Waals surface area contributed by atoms with E-state index in [0.29, 0.717) is 12.1 Å². The number of sulfonamides is 1. The summed E-state index contributed by atoms with van der Waals surface area (Å²) in [5.74, 6) is 1.87. The van der Waals surface area contributed by atoms with Gasteiger partial charge in [0, 0.05) is 36.2 Å². The summed E-state index contributed by atoms with van der Waals surface area (Å²) in [5.41, 5.74) is 0.486. The Morgan fingerprint density at radius 1 is 1.45 bits per heavy atom. The van der Waals surface area contributed by atoms with Gasteiger partial charge in [-0.05, 0) is 25.2 Å². The second kappa shape index (κ2) is 8.73. The predicted molar refractivity (Wildman–Crippen MR) is 92.3 cm³/mol. The molecule has 1 unspecified atom stereocenters. The Bertz CT molecular complexity index is 604. The van der Waals surface area contributed by atoms with Gasteiger partial charge in [0.05, 0.1) is 4.90 Å². The third-order valence-electron chi connectivity index (χ3n) is 3.13. The lowest BCUT2D eigenvalue weighted by Gasteiger charge is -2.22. The minimum absolute atomic E-state index is 0. The molecule has 3 N–H and O–H groups in total. The molecule has 1 atom stereocenters. The maximum absolute atomic E-state index is 12.0. The summed E-state index contributed by atoms with van der Waals surface area (Å²) in [4.78, 5) is 12.1. The molecule has 22 heavy (non-hydrogen) atoms. The fourth-order valence-corrected chi connectivity index (χ4v) is 3.77. The highest BCUT2D eigenvalue weighted by atomic mass is 35.5. The Labute approximate surface area is 141 Å². The van der Waals surface area contributed by atoms with Gasteiger partial charge >= 0.3 is 0 Å². The van der Waals surface area contributed by atoms with Crippen molar-refractivity contribution in [2.75, 3.05) is 30.4 Å². The lowest BCUT2D eigenvalue weighted by atomic mass is 10.2. The summed E-state index contributed by atoms with van der Waals surface area (Å²) in [7, 11) is -2.15. The fraction of sp³-hybridized carbons (Fsp3) is 0.462. The molecule has 0 aliphatic carbocycles. The van der Waals surface area contributed by atoms with Gasteiger partial charge in [0.25, 0.3) is 0 Å². The van der Waals surface area contributed by atoms with Crippen molar-refractivity contribution in [3.8, 4) is 0 Å². The number of halogens is 1. The summed E-state index contributed by atoms with van der Waals surface area (Å²) >= 11 is 1.83. The first-order valence-electron chi connectivity index (χ1n) is 6.66. The largest absolute Gasteiger partial charge is 0.326 e. The minimum atomic E-state index is -3.50. The van der Waals surface area contributed by atoms with Crippen LogP contribution in [0.3, 0.4) is 0 Å². The van der Waals surface area contributed by atoms with Gasteiger partial charge in [-0.3, -0.25) is 4.79 Å². The summed E-state index contributed by atoms with van der Waals surface area (Å²) in [5, 5.41) is 6.04. The standard InChI is InChI=1S/C13H19N3O3S2.ClH/c1-14-21(18,19)12-4-2-3-10(7-12)16-13(17)8-11-9-20-6-5-15-11;/h2-4,7,11,14-15H,5-6,8-9H2,1H3,(H,16,17);1H. The van der Waals surface area contributed by atoms with Crippen LogP contribution in [0.2, 0.25) is 0 Å². The fourth-order valence-electron chi connectivity index (χ4n) is 2.05. The molecule has 9 heteroatoms. The van der Waals surface area contributed by atoms with Crippen molar-refractivity contribution in [3.63, 3.8) is 0 Å². The smallest absolute Gasteiger partial charge is 0.240 e. The van der Waals surface area contributed by atoms with Gasteiger partial charge in [-0.15, -0.1) is 12.4 Å². The van der Waals surface area contributed by atoms with E-state index in [1.165, 1.54) is 19.2 Å². The van der Waals surface area contributed by atoms with Crippen LogP contribution in [-0.4, -0.2) is 45.5 Å². The van der Waals surface area contributed by atoms with E-state index in [1.54, 1.807) is 12.1 Å². The zero-order valence-electron chi connectivity index (χ0n) is 12.2. The second-order valence-corrected chi connectivity index (χ2v) is 7.75. The molecule has 6 nitrogen and oxygen atoms in total. The highest BCUT2D eigenvalue weighted by Crippen LogP contribution is 2.16. The van der Waals surface area contributed by atoms with Crippen molar-refractivity contribution in [1.29, 1.82) is 0 Å². The van der Waals surface area contributed by atoms with Crippen LogP contribution < -0.4 is 15.4 Å². The molecule has 1 fully saturated rings. The summed E-state index contributed by atoms with van der Waals surface area (Å²) in [6, 6.07) is 6.39. The Morgan fingerprint density at radius 2 is 2.23 bits per heavy atom. The van der Waals surface area contributed by atoms with Gasteiger partial charge in [0.2, 0.25) is 15.9 Å². The van der Waals surface area contributed by atoms with Crippen molar-refractivity contribution in [2.45, 2.75) is 17.4 Å². The zero-order valence-corrected chi connectivity index (χ0v) is 14.6. The lowest BCUT2D eigenvalue weighted by molar-refractivity contribution is -0.116. The molecule has 0 bridgehead atoms. The molecule has 1 aliphatic heterocycles. The van der Waals surface area contributed by atoms with Crippen molar-refractivity contribution < 1.29 is 13.2 Å². The first-order chi connectivity index (χ1) is 10.0. The predicted octanol–water partition coefficient (Wildman–Crippen LogP) is 1.05. The molecule has 1 heterocycles. The van der Waals surface area contributed by atoms with E-state index in [2.05, 4.69) is 15.4 Å². The first kappa shape index (κ1) is 19.2. The molecule has 124 valence electrons. The molecule has 0 radical (unpaired) electrons. The Morgan fingerprint density at radius 3 is 2.86 bits per heavy atom. The molecule has 1 amide bonds. The van der Waals surface area contributed by atoms with Crippen molar-refractivity contribution >= 4 is 45.8 Å². The third-order valence-corrected chi connectivity index (χ3v) is 5.67. The lowest BCUT2D eigenvalue weighted by Crippen LogP contribution is -2.39. The van der Waals surface area contributed by atoms with E-state index in [4.69, 9.17) is 0 Å². The van der Waals surface area contributed by atoms with E-state index in [9.17, 15) is 13.2 Å². The zero-order chi connectivity index (χ0) is 15.3. The summed E-state index contributed by atoms with van der Waals surface area (Å²) in [6.45, 7) is 0.915. The molecule has 1 aromatic rings. The maximum atomic E-state index is 12.0. The topological polar surface area (TPSA) is 87.3 Å². The highest BCUT2D eigenvalue weighted by molar-refractivity contribution is 7.99. The number of anilines is 1. The van der Waals surface area contributed by atoms with Crippen LogP contribution in [0.4, 0.5) is 5.69 Å². The molecular weight excluding hydrogens is 346 g/mol. The van der Waals surface area contributed by atoms with Crippen molar-refractivity contribution in [1.82, 2.24) is 10.0 Å². The van der Waals surface area contributed by atoms with Crippen LogP contribution in [-0.2, 0) is 14.8 Å². The number of amides is 1. The van der Waals surface area contributed by atoms with Crippen molar-refractivity contribution in [2.24, 2.45) is 0 Å². The third kappa shape index (κ3) is 5.44. The molecule has 0 aromatic heterocycles. The maximum Gasteiger partial charge on any atom is 0.240 e.